The van der Waals surface area contributed by atoms with Crippen LogP contribution in [0.5, 0.6) is 0 Å². The lowest BCUT2D eigenvalue weighted by molar-refractivity contribution is -0.308. The van der Waals surface area contributed by atoms with Crippen LogP contribution in [0.4, 0.5) is 31.1 Å². The number of amides is 1. The highest BCUT2D eigenvalue weighted by Gasteiger charge is 2.60. The molecule has 0 aromatic carbocycles. The Morgan fingerprint density at radius 2 is 1.70 bits per heavy atom. The Kier molecular flexibility index (Phi) is 7.65. The van der Waals surface area contributed by atoms with E-state index in [9.17, 15) is 31.1 Å². The van der Waals surface area contributed by atoms with E-state index in [4.69, 9.17) is 0 Å². The number of ether oxygens (including phenoxy) is 1. The molecule has 0 bridgehead atoms. The Morgan fingerprint density at radius 3 is 2.20 bits per heavy atom. The van der Waals surface area contributed by atoms with Crippen molar-refractivity contribution in [1.82, 2.24) is 9.80 Å². The molecule has 2 aliphatic rings. The van der Waals surface area contributed by atoms with Crippen LogP contribution in [0.3, 0.4) is 0 Å². The Labute approximate surface area is 171 Å². The van der Waals surface area contributed by atoms with Gasteiger partial charge in [-0.15, -0.1) is 0 Å². The maximum absolute atomic E-state index is 12.6. The maximum Gasteiger partial charge on any atom is 0.434 e. The molecule has 2 rings (SSSR count). The van der Waals surface area contributed by atoms with E-state index in [1.165, 1.54) is 0 Å². The number of allylic oxidation sites excluding steroid dienone is 3. The number of alkyl halides is 6. The first-order chi connectivity index (χ1) is 13.9. The molecule has 4 nitrogen and oxygen atoms in total. The molecule has 0 unspecified atom stereocenters. The highest BCUT2D eigenvalue weighted by atomic mass is 19.4. The second kappa shape index (κ2) is 9.45. The Balaban J connectivity index is 2.02. The van der Waals surface area contributed by atoms with Gasteiger partial charge in [-0.05, 0) is 44.7 Å². The molecule has 170 valence electrons. The molecular weight excluding hydrogens is 414 g/mol. The molecule has 30 heavy (non-hydrogen) atoms. The number of hydrogen-bond acceptors (Lipinski definition) is 3. The summed E-state index contributed by atoms with van der Waals surface area (Å²) in [6.07, 6.45) is -6.94. The normalized spacial score (nSPS) is 21.1. The van der Waals surface area contributed by atoms with Crippen molar-refractivity contribution < 1.29 is 35.9 Å². The number of likely N-dealkylation sites (tertiary alicyclic amines) is 2. The van der Waals surface area contributed by atoms with E-state index < -0.39 is 24.5 Å². The predicted molar refractivity (Wildman–Crippen MR) is 99.8 cm³/mol. The summed E-state index contributed by atoms with van der Waals surface area (Å²) in [5.41, 5.74) is 0.775. The van der Waals surface area contributed by atoms with E-state index in [0.29, 0.717) is 19.4 Å². The molecule has 0 radical (unpaired) electrons. The first-order valence-corrected chi connectivity index (χ1v) is 9.71. The third-order valence-electron chi connectivity index (χ3n) is 5.64. The van der Waals surface area contributed by atoms with Crippen LogP contribution in [0, 0.1) is 0 Å². The van der Waals surface area contributed by atoms with E-state index in [0.717, 1.165) is 29.9 Å². The number of nitrogens with zero attached hydrogens (tertiary/aromatic N) is 2. The molecule has 2 aliphatic heterocycles. The molecule has 0 saturated carbocycles. The summed E-state index contributed by atoms with van der Waals surface area (Å²) >= 11 is 0. The predicted octanol–water partition coefficient (Wildman–Crippen LogP) is 5.24. The minimum absolute atomic E-state index is 0.0414. The van der Waals surface area contributed by atoms with E-state index in [-0.39, 0.29) is 18.6 Å². The van der Waals surface area contributed by atoms with Crippen molar-refractivity contribution >= 4 is 6.09 Å². The molecule has 10 heteroatoms. The van der Waals surface area contributed by atoms with Crippen molar-refractivity contribution in [1.29, 1.82) is 0 Å². The quantitative estimate of drug-likeness (QED) is 0.433. The zero-order valence-corrected chi connectivity index (χ0v) is 16.7. The average molecular weight is 440 g/mol. The lowest BCUT2D eigenvalue weighted by Gasteiger charge is -2.45. The molecule has 2 heterocycles. The molecule has 2 fully saturated rings. The van der Waals surface area contributed by atoms with E-state index >= 15 is 0 Å². The number of rotatable bonds is 5. The fraction of sp³-hybridized carbons (Fsp3) is 0.650. The van der Waals surface area contributed by atoms with Gasteiger partial charge in [-0.2, -0.15) is 26.3 Å². The number of carbonyl (C=O) groups is 1. The number of hydrogen-bond donors (Lipinski definition) is 0. The van der Waals surface area contributed by atoms with Crippen molar-refractivity contribution in [2.45, 2.75) is 56.6 Å². The lowest BCUT2D eigenvalue weighted by Crippen LogP contribution is -2.55. The fourth-order valence-corrected chi connectivity index (χ4v) is 4.03. The van der Waals surface area contributed by atoms with E-state index in [2.05, 4.69) is 16.2 Å². The van der Waals surface area contributed by atoms with E-state index in [1.54, 1.807) is 6.08 Å². The van der Waals surface area contributed by atoms with Crippen molar-refractivity contribution in [2.75, 3.05) is 26.2 Å². The average Bonchev–Trinajstić information content (AvgIpc) is 3.03. The summed E-state index contributed by atoms with van der Waals surface area (Å²) in [5, 5.41) is 0. The lowest BCUT2D eigenvalue weighted by atomic mass is 9.85. The van der Waals surface area contributed by atoms with Gasteiger partial charge >= 0.3 is 18.4 Å². The van der Waals surface area contributed by atoms with Crippen molar-refractivity contribution in [3.8, 4) is 0 Å². The summed E-state index contributed by atoms with van der Waals surface area (Å²) in [6, 6.07) is 0. The van der Waals surface area contributed by atoms with Crippen LogP contribution in [-0.2, 0) is 4.74 Å². The molecule has 2 saturated heterocycles. The molecule has 1 spiro atoms. The first kappa shape index (κ1) is 24.3. The molecule has 1 amide bonds. The van der Waals surface area contributed by atoms with Crippen molar-refractivity contribution in [3.05, 3.63) is 36.5 Å². The van der Waals surface area contributed by atoms with Gasteiger partial charge in [-0.1, -0.05) is 30.9 Å². The van der Waals surface area contributed by atoms with Crippen molar-refractivity contribution in [2.24, 2.45) is 0 Å². The maximum atomic E-state index is 12.6. The fourth-order valence-electron chi connectivity index (χ4n) is 4.03. The topological polar surface area (TPSA) is 32.8 Å². The summed E-state index contributed by atoms with van der Waals surface area (Å²) in [7, 11) is 0. The summed E-state index contributed by atoms with van der Waals surface area (Å²) < 4.78 is 79.6. The largest absolute Gasteiger partial charge is 0.434 e. The Hall–Kier alpha value is -1.97. The molecule has 0 N–H and O–H groups in total. The molecule has 0 aromatic heterocycles. The molecule has 0 atom stereocenters. The van der Waals surface area contributed by atoms with Gasteiger partial charge in [0.05, 0.1) is 0 Å². The van der Waals surface area contributed by atoms with E-state index in [1.807, 2.05) is 25.2 Å². The van der Waals surface area contributed by atoms with Gasteiger partial charge in [0.1, 0.15) is 0 Å². The summed E-state index contributed by atoms with van der Waals surface area (Å²) in [6.45, 7) is 7.26. The van der Waals surface area contributed by atoms with Gasteiger partial charge in [0.2, 0.25) is 0 Å². The first-order valence-electron chi connectivity index (χ1n) is 9.71. The SMILES string of the molecule is C=C/C(=C\C=C/C)CN1CCCC12CCN(C(=O)OC(C(F)(F)F)C(F)(F)F)CC2. The van der Waals surface area contributed by atoms with Gasteiger partial charge in [-0.25, -0.2) is 4.79 Å². The van der Waals surface area contributed by atoms with Crippen LogP contribution in [0.1, 0.15) is 32.6 Å². The highest BCUT2D eigenvalue weighted by Crippen LogP contribution is 2.40. The molecular formula is C20H26F6N2O2. The number of halogens is 6. The highest BCUT2D eigenvalue weighted by molar-refractivity contribution is 5.68. The van der Waals surface area contributed by atoms with Crippen LogP contribution >= 0.6 is 0 Å². The van der Waals surface area contributed by atoms with Gasteiger partial charge in [-0.3, -0.25) is 4.90 Å². The standard InChI is InChI=1S/C20H26F6N2O2/c1-3-5-7-15(4-2)14-28-11-6-8-18(28)9-12-27(13-10-18)17(29)30-16(19(21,22)23)20(24,25)26/h3-5,7,16H,2,6,8-14H2,1H3/b5-3-,15-7+. The smallest absolute Gasteiger partial charge is 0.426 e. The monoisotopic (exact) mass is 440 g/mol. The van der Waals surface area contributed by atoms with Gasteiger partial charge < -0.3 is 9.64 Å². The number of carbonyl (C=O) groups excluding carboxylic acids is 1. The minimum atomic E-state index is -5.71. The van der Waals surface area contributed by atoms with Crippen molar-refractivity contribution in [3.63, 3.8) is 0 Å². The summed E-state index contributed by atoms with van der Waals surface area (Å²) in [4.78, 5) is 15.2. The second-order valence-electron chi connectivity index (χ2n) is 7.56. The van der Waals surface area contributed by atoms with Crippen LogP contribution in [0.2, 0.25) is 0 Å². The van der Waals surface area contributed by atoms with Gasteiger partial charge in [0.25, 0.3) is 6.10 Å². The van der Waals surface area contributed by atoms with Crippen LogP contribution in [0.15, 0.2) is 36.5 Å². The Morgan fingerprint density at radius 1 is 1.10 bits per heavy atom. The van der Waals surface area contributed by atoms with Gasteiger partial charge in [0, 0.05) is 25.2 Å². The third kappa shape index (κ3) is 5.80. The third-order valence-corrected chi connectivity index (χ3v) is 5.64. The summed E-state index contributed by atoms with van der Waals surface area (Å²) in [5.74, 6) is 0. The minimum Gasteiger partial charge on any atom is -0.426 e. The zero-order chi connectivity index (χ0) is 22.6. The molecule has 0 aliphatic carbocycles. The Bertz CT molecular complexity index is 662. The van der Waals surface area contributed by atoms with Gasteiger partial charge in [0.15, 0.2) is 0 Å². The van der Waals surface area contributed by atoms with Crippen LogP contribution in [0.25, 0.3) is 0 Å². The van der Waals surface area contributed by atoms with Crippen LogP contribution in [-0.4, -0.2) is 66.1 Å². The zero-order valence-electron chi connectivity index (χ0n) is 16.7. The van der Waals surface area contributed by atoms with Crippen LogP contribution < -0.4 is 0 Å². The molecule has 0 aromatic rings. The second-order valence-corrected chi connectivity index (χ2v) is 7.56. The number of piperidine rings is 1.